The van der Waals surface area contributed by atoms with E-state index in [-0.39, 0.29) is 5.54 Å². The molecule has 0 fully saturated rings. The fourth-order valence-electron chi connectivity index (χ4n) is 1.63. The summed E-state index contributed by atoms with van der Waals surface area (Å²) in [6.45, 7) is 9.18. The first-order valence-corrected chi connectivity index (χ1v) is 7.39. The number of nitrogens with one attached hydrogen (secondary N) is 1. The van der Waals surface area contributed by atoms with E-state index in [9.17, 15) is 0 Å². The Bertz CT molecular complexity index is 568. The second kappa shape index (κ2) is 5.93. The number of nitrogens with zero attached hydrogens (tertiary/aromatic N) is 4. The second-order valence-corrected chi connectivity index (χ2v) is 6.81. The number of aromatic nitrogens is 4. The van der Waals surface area contributed by atoms with Crippen LogP contribution in [0.4, 0.5) is 0 Å². The van der Waals surface area contributed by atoms with Crippen molar-refractivity contribution in [3.8, 4) is 0 Å². The monoisotopic (exact) mass is 291 g/mol. The molecular weight excluding hydrogens is 270 g/mol. The van der Waals surface area contributed by atoms with Crippen LogP contribution >= 0.6 is 11.8 Å². The molecule has 1 N–H and O–H groups in total. The minimum atomic E-state index is 0.0969. The molecule has 0 aliphatic carbocycles. The molecule has 0 radical (unpaired) electrons. The maximum atomic E-state index is 4.40. The molecule has 0 aliphatic heterocycles. The zero-order valence-electron chi connectivity index (χ0n) is 12.6. The summed E-state index contributed by atoms with van der Waals surface area (Å²) < 4.78 is 1.85. The van der Waals surface area contributed by atoms with Crippen LogP contribution in [0.5, 0.6) is 0 Å². The van der Waals surface area contributed by atoms with Gasteiger partial charge in [0.15, 0.2) is 5.16 Å². The Labute approximate surface area is 124 Å². The van der Waals surface area contributed by atoms with E-state index in [4.69, 9.17) is 0 Å². The van der Waals surface area contributed by atoms with E-state index in [0.29, 0.717) is 0 Å². The Hall–Kier alpha value is -1.40. The summed E-state index contributed by atoms with van der Waals surface area (Å²) in [7, 11) is 1.93. The van der Waals surface area contributed by atoms with E-state index in [0.717, 1.165) is 28.0 Å². The molecule has 6 heteroatoms. The van der Waals surface area contributed by atoms with Crippen molar-refractivity contribution in [3.05, 3.63) is 29.7 Å². The zero-order valence-corrected chi connectivity index (χ0v) is 13.5. The van der Waals surface area contributed by atoms with Gasteiger partial charge in [0.25, 0.3) is 0 Å². The van der Waals surface area contributed by atoms with Crippen molar-refractivity contribution < 1.29 is 0 Å². The van der Waals surface area contributed by atoms with Gasteiger partial charge in [-0.3, -0.25) is 4.68 Å². The minimum absolute atomic E-state index is 0.0969. The summed E-state index contributed by atoms with van der Waals surface area (Å²) in [5.74, 6) is 0. The number of aryl methyl sites for hydroxylation is 2. The van der Waals surface area contributed by atoms with Gasteiger partial charge >= 0.3 is 0 Å². The molecule has 5 nitrogen and oxygen atoms in total. The van der Waals surface area contributed by atoms with Gasteiger partial charge in [0.2, 0.25) is 0 Å². The van der Waals surface area contributed by atoms with Crippen molar-refractivity contribution in [1.29, 1.82) is 0 Å². The average molecular weight is 291 g/mol. The molecular formula is C14H21N5S. The smallest absolute Gasteiger partial charge is 0.193 e. The third-order valence-electron chi connectivity index (χ3n) is 2.66. The normalized spacial score (nSPS) is 11.8. The van der Waals surface area contributed by atoms with Crippen molar-refractivity contribution in [2.24, 2.45) is 7.05 Å². The van der Waals surface area contributed by atoms with Crippen LogP contribution in [0.1, 0.15) is 32.0 Å². The summed E-state index contributed by atoms with van der Waals surface area (Å²) in [5, 5.41) is 9.52. The Kier molecular flexibility index (Phi) is 4.45. The van der Waals surface area contributed by atoms with E-state index in [2.05, 4.69) is 41.2 Å². The zero-order chi connectivity index (χ0) is 14.8. The summed E-state index contributed by atoms with van der Waals surface area (Å²) >= 11 is 1.53. The largest absolute Gasteiger partial charge is 0.308 e. The Morgan fingerprint density at radius 3 is 2.40 bits per heavy atom. The SMILES string of the molecule is Cc1cc(Sc2ncc(CNC(C)(C)C)cn2)n(C)n1. The maximum Gasteiger partial charge on any atom is 0.193 e. The third kappa shape index (κ3) is 4.31. The number of hydrogen-bond acceptors (Lipinski definition) is 5. The molecule has 0 saturated heterocycles. The third-order valence-corrected chi connectivity index (χ3v) is 3.64. The van der Waals surface area contributed by atoms with Crippen molar-refractivity contribution in [3.63, 3.8) is 0 Å². The minimum Gasteiger partial charge on any atom is -0.308 e. The lowest BCUT2D eigenvalue weighted by molar-refractivity contribution is 0.423. The lowest BCUT2D eigenvalue weighted by Crippen LogP contribution is -2.35. The Balaban J connectivity index is 2.00. The van der Waals surface area contributed by atoms with Crippen molar-refractivity contribution in [2.75, 3.05) is 0 Å². The standard InChI is InChI=1S/C14H21N5S/c1-10-6-12(19(5)18-10)20-13-15-7-11(8-16-13)9-17-14(2,3)4/h6-8,17H,9H2,1-5H3. The van der Waals surface area contributed by atoms with E-state index in [1.54, 1.807) is 0 Å². The van der Waals surface area contributed by atoms with Gasteiger partial charge in [0.1, 0.15) is 5.03 Å². The lowest BCUT2D eigenvalue weighted by Gasteiger charge is -2.20. The van der Waals surface area contributed by atoms with Crippen molar-refractivity contribution in [1.82, 2.24) is 25.1 Å². The van der Waals surface area contributed by atoms with Gasteiger partial charge in [-0.05, 0) is 45.5 Å². The molecule has 0 spiro atoms. The van der Waals surface area contributed by atoms with Gasteiger partial charge in [-0.2, -0.15) is 5.10 Å². The number of rotatable bonds is 4. The molecule has 2 rings (SSSR count). The van der Waals surface area contributed by atoms with Gasteiger partial charge in [-0.25, -0.2) is 9.97 Å². The second-order valence-electron chi connectivity index (χ2n) is 5.83. The van der Waals surface area contributed by atoms with Crippen LogP contribution in [0.2, 0.25) is 0 Å². The average Bonchev–Trinajstić information content (AvgIpc) is 2.66. The predicted octanol–water partition coefficient (Wildman–Crippen LogP) is 2.56. The van der Waals surface area contributed by atoms with Gasteiger partial charge in [0.05, 0.1) is 5.69 Å². The van der Waals surface area contributed by atoms with Crippen LogP contribution in [0.25, 0.3) is 0 Å². The first-order chi connectivity index (χ1) is 9.33. The van der Waals surface area contributed by atoms with Crippen LogP contribution in [-0.2, 0) is 13.6 Å². The molecule has 0 atom stereocenters. The Morgan fingerprint density at radius 1 is 1.25 bits per heavy atom. The molecule has 0 bridgehead atoms. The highest BCUT2D eigenvalue weighted by Crippen LogP contribution is 2.24. The summed E-state index contributed by atoms with van der Waals surface area (Å²) in [5.41, 5.74) is 2.19. The summed E-state index contributed by atoms with van der Waals surface area (Å²) in [4.78, 5) is 8.79. The van der Waals surface area contributed by atoms with Gasteiger partial charge in [0, 0.05) is 37.1 Å². The van der Waals surface area contributed by atoms with Gasteiger partial charge < -0.3 is 5.32 Å². The summed E-state index contributed by atoms with van der Waals surface area (Å²) in [6, 6.07) is 2.03. The summed E-state index contributed by atoms with van der Waals surface area (Å²) in [6.07, 6.45) is 3.74. The lowest BCUT2D eigenvalue weighted by atomic mass is 10.1. The van der Waals surface area contributed by atoms with Gasteiger partial charge in [-0.1, -0.05) is 0 Å². The number of hydrogen-bond donors (Lipinski definition) is 1. The quantitative estimate of drug-likeness (QED) is 0.877. The van der Waals surface area contributed by atoms with Crippen LogP contribution in [0.15, 0.2) is 28.6 Å². The molecule has 0 aromatic carbocycles. The van der Waals surface area contributed by atoms with E-state index in [1.165, 1.54) is 11.8 Å². The van der Waals surface area contributed by atoms with E-state index >= 15 is 0 Å². The molecule has 108 valence electrons. The topological polar surface area (TPSA) is 55.6 Å². The van der Waals surface area contributed by atoms with Crippen LogP contribution in [-0.4, -0.2) is 25.3 Å². The first-order valence-electron chi connectivity index (χ1n) is 6.58. The highest BCUT2D eigenvalue weighted by molar-refractivity contribution is 7.99. The molecule has 0 saturated carbocycles. The molecule has 2 aromatic heterocycles. The van der Waals surface area contributed by atoms with Gasteiger partial charge in [-0.15, -0.1) is 0 Å². The molecule has 2 heterocycles. The Morgan fingerprint density at radius 2 is 1.90 bits per heavy atom. The highest BCUT2D eigenvalue weighted by Gasteiger charge is 2.10. The molecule has 0 unspecified atom stereocenters. The van der Waals surface area contributed by atoms with Crippen LogP contribution in [0, 0.1) is 6.92 Å². The highest BCUT2D eigenvalue weighted by atomic mass is 32.2. The fourth-order valence-corrected chi connectivity index (χ4v) is 2.43. The van der Waals surface area contributed by atoms with Crippen LogP contribution < -0.4 is 5.32 Å². The molecule has 20 heavy (non-hydrogen) atoms. The molecule has 0 aliphatic rings. The van der Waals surface area contributed by atoms with Crippen molar-refractivity contribution in [2.45, 2.75) is 50.0 Å². The first kappa shape index (κ1) is 15.0. The van der Waals surface area contributed by atoms with Crippen LogP contribution in [0.3, 0.4) is 0 Å². The van der Waals surface area contributed by atoms with E-state index < -0.39 is 0 Å². The molecule has 0 amide bonds. The van der Waals surface area contributed by atoms with Crippen molar-refractivity contribution >= 4 is 11.8 Å². The maximum absolute atomic E-state index is 4.40. The fraction of sp³-hybridized carbons (Fsp3) is 0.500. The van der Waals surface area contributed by atoms with E-state index in [1.807, 2.05) is 37.1 Å². The molecule has 2 aromatic rings. The predicted molar refractivity (Wildman–Crippen MR) is 80.7 cm³/mol.